The van der Waals surface area contributed by atoms with Gasteiger partial charge in [0.2, 0.25) is 0 Å². The van der Waals surface area contributed by atoms with Crippen LogP contribution in [0, 0.1) is 0 Å². The van der Waals surface area contributed by atoms with Gasteiger partial charge in [-0.3, -0.25) is 0 Å². The fourth-order valence-corrected chi connectivity index (χ4v) is 1.15. The Kier molecular flexibility index (Phi) is 2.63. The molecule has 1 aliphatic carbocycles. The van der Waals surface area contributed by atoms with E-state index in [1.54, 1.807) is 0 Å². The van der Waals surface area contributed by atoms with Gasteiger partial charge >= 0.3 is 6.18 Å². The molecule has 0 spiro atoms. The van der Waals surface area contributed by atoms with Gasteiger partial charge in [-0.2, -0.15) is 13.2 Å². The van der Waals surface area contributed by atoms with E-state index in [-0.39, 0.29) is 6.61 Å². The van der Waals surface area contributed by atoms with Gasteiger partial charge in [-0.1, -0.05) is 0 Å². The minimum atomic E-state index is -4.24. The molecule has 0 aromatic heterocycles. The van der Waals surface area contributed by atoms with Gasteiger partial charge in [-0.15, -0.1) is 0 Å². The standard InChI is InChI=1S/C7H12F3NO/c8-7(9,10)5-12-4-6(11)2-1-3-6/h1-5,11H2. The molecule has 1 rings (SSSR count). The van der Waals surface area contributed by atoms with Crippen molar-refractivity contribution >= 4 is 0 Å². The third-order valence-electron chi connectivity index (χ3n) is 2.00. The van der Waals surface area contributed by atoms with Crippen LogP contribution in [0.25, 0.3) is 0 Å². The summed E-state index contributed by atoms with van der Waals surface area (Å²) in [6.45, 7) is -1.17. The van der Waals surface area contributed by atoms with Gasteiger partial charge in [-0.25, -0.2) is 0 Å². The van der Waals surface area contributed by atoms with Crippen LogP contribution in [-0.2, 0) is 4.74 Å². The van der Waals surface area contributed by atoms with Crippen LogP contribution in [0.4, 0.5) is 13.2 Å². The summed E-state index contributed by atoms with van der Waals surface area (Å²) in [6.07, 6.45) is -1.71. The zero-order valence-corrected chi connectivity index (χ0v) is 6.66. The first-order chi connectivity index (χ1) is 5.41. The van der Waals surface area contributed by atoms with Crippen molar-refractivity contribution < 1.29 is 17.9 Å². The van der Waals surface area contributed by atoms with Crippen molar-refractivity contribution in [2.45, 2.75) is 31.0 Å². The van der Waals surface area contributed by atoms with Crippen molar-refractivity contribution in [3.63, 3.8) is 0 Å². The van der Waals surface area contributed by atoms with E-state index < -0.39 is 18.3 Å². The number of nitrogens with two attached hydrogens (primary N) is 1. The monoisotopic (exact) mass is 183 g/mol. The van der Waals surface area contributed by atoms with Gasteiger partial charge in [-0.05, 0) is 19.3 Å². The molecule has 72 valence electrons. The van der Waals surface area contributed by atoms with Crippen LogP contribution in [-0.4, -0.2) is 24.9 Å². The van der Waals surface area contributed by atoms with Crippen LogP contribution in [0.1, 0.15) is 19.3 Å². The number of ether oxygens (including phenoxy) is 1. The maximum Gasteiger partial charge on any atom is 0.411 e. The van der Waals surface area contributed by atoms with E-state index in [1.807, 2.05) is 0 Å². The molecule has 5 heteroatoms. The molecular formula is C7H12F3NO. The van der Waals surface area contributed by atoms with E-state index in [0.717, 1.165) is 19.3 Å². The summed E-state index contributed by atoms with van der Waals surface area (Å²) in [6, 6.07) is 0. The van der Waals surface area contributed by atoms with E-state index in [9.17, 15) is 13.2 Å². The van der Waals surface area contributed by atoms with Crippen LogP contribution in [0.15, 0.2) is 0 Å². The number of hydrogen-bond donors (Lipinski definition) is 1. The largest absolute Gasteiger partial charge is 0.411 e. The Bertz CT molecular complexity index is 153. The van der Waals surface area contributed by atoms with E-state index in [4.69, 9.17) is 5.73 Å². The summed E-state index contributed by atoms with van der Waals surface area (Å²) >= 11 is 0. The molecule has 0 radical (unpaired) electrons. The third-order valence-corrected chi connectivity index (χ3v) is 2.00. The van der Waals surface area contributed by atoms with Gasteiger partial charge in [0.25, 0.3) is 0 Å². The molecule has 2 nitrogen and oxygen atoms in total. The van der Waals surface area contributed by atoms with Crippen molar-refractivity contribution in [1.29, 1.82) is 0 Å². The maximum atomic E-state index is 11.6. The Labute approximate surface area is 68.9 Å². The molecule has 2 N–H and O–H groups in total. The Balaban J connectivity index is 2.10. The van der Waals surface area contributed by atoms with Crippen molar-refractivity contribution in [3.05, 3.63) is 0 Å². The first-order valence-corrected chi connectivity index (χ1v) is 3.85. The van der Waals surface area contributed by atoms with Gasteiger partial charge in [0.15, 0.2) is 0 Å². The molecule has 0 unspecified atom stereocenters. The average molecular weight is 183 g/mol. The second kappa shape index (κ2) is 3.22. The molecule has 0 aromatic rings. The summed E-state index contributed by atoms with van der Waals surface area (Å²) in [5.74, 6) is 0. The summed E-state index contributed by atoms with van der Waals surface area (Å²) in [4.78, 5) is 0. The fraction of sp³-hybridized carbons (Fsp3) is 1.00. The molecule has 0 saturated heterocycles. The van der Waals surface area contributed by atoms with Gasteiger partial charge < -0.3 is 10.5 Å². The van der Waals surface area contributed by atoms with E-state index in [0.29, 0.717) is 0 Å². The quantitative estimate of drug-likeness (QED) is 0.718. The lowest BCUT2D eigenvalue weighted by Gasteiger charge is -2.37. The summed E-state index contributed by atoms with van der Waals surface area (Å²) < 4.78 is 39.2. The number of alkyl halides is 3. The predicted octanol–water partition coefficient (Wildman–Crippen LogP) is 1.45. The Morgan fingerprint density at radius 3 is 2.25 bits per heavy atom. The maximum absolute atomic E-state index is 11.6. The summed E-state index contributed by atoms with van der Waals surface area (Å²) in [5.41, 5.74) is 5.16. The molecule has 0 amide bonds. The normalized spacial score (nSPS) is 22.0. The molecule has 1 saturated carbocycles. The van der Waals surface area contributed by atoms with Gasteiger partial charge in [0.1, 0.15) is 6.61 Å². The second-order valence-electron chi connectivity index (χ2n) is 3.32. The Hall–Kier alpha value is -0.290. The molecule has 1 fully saturated rings. The Morgan fingerprint density at radius 1 is 1.33 bits per heavy atom. The number of rotatable bonds is 3. The fourth-order valence-electron chi connectivity index (χ4n) is 1.15. The Morgan fingerprint density at radius 2 is 1.92 bits per heavy atom. The highest BCUT2D eigenvalue weighted by Gasteiger charge is 2.35. The highest BCUT2D eigenvalue weighted by Crippen LogP contribution is 2.29. The molecule has 12 heavy (non-hydrogen) atoms. The minimum absolute atomic E-state index is 0.0203. The zero-order valence-electron chi connectivity index (χ0n) is 6.66. The van der Waals surface area contributed by atoms with Crippen molar-refractivity contribution in [2.24, 2.45) is 5.73 Å². The van der Waals surface area contributed by atoms with E-state index in [1.165, 1.54) is 0 Å². The lowest BCUT2D eigenvalue weighted by atomic mass is 9.78. The van der Waals surface area contributed by atoms with Crippen LogP contribution in [0.2, 0.25) is 0 Å². The van der Waals surface area contributed by atoms with E-state index >= 15 is 0 Å². The molecular weight excluding hydrogens is 171 g/mol. The molecule has 0 aliphatic heterocycles. The SMILES string of the molecule is NC1(COCC(F)(F)F)CCC1. The van der Waals surface area contributed by atoms with Crippen molar-refractivity contribution in [1.82, 2.24) is 0 Å². The van der Waals surface area contributed by atoms with Crippen LogP contribution in [0.5, 0.6) is 0 Å². The third kappa shape index (κ3) is 2.98. The lowest BCUT2D eigenvalue weighted by Crippen LogP contribution is -2.51. The van der Waals surface area contributed by atoms with Crippen LogP contribution < -0.4 is 5.73 Å². The van der Waals surface area contributed by atoms with Gasteiger partial charge in [0.05, 0.1) is 6.61 Å². The predicted molar refractivity (Wildman–Crippen MR) is 37.6 cm³/mol. The number of halogens is 3. The highest BCUT2D eigenvalue weighted by molar-refractivity contribution is 4.92. The van der Waals surface area contributed by atoms with Crippen LogP contribution >= 0.6 is 0 Å². The minimum Gasteiger partial charge on any atom is -0.370 e. The zero-order chi connectivity index (χ0) is 9.24. The van der Waals surface area contributed by atoms with Crippen LogP contribution in [0.3, 0.4) is 0 Å². The number of hydrogen-bond acceptors (Lipinski definition) is 2. The summed E-state index contributed by atoms with van der Waals surface area (Å²) in [7, 11) is 0. The topological polar surface area (TPSA) is 35.2 Å². The first kappa shape index (κ1) is 9.80. The van der Waals surface area contributed by atoms with E-state index in [2.05, 4.69) is 4.74 Å². The molecule has 0 atom stereocenters. The molecule has 0 heterocycles. The highest BCUT2D eigenvalue weighted by atomic mass is 19.4. The molecule has 0 aromatic carbocycles. The molecule has 1 aliphatic rings. The van der Waals surface area contributed by atoms with Crippen molar-refractivity contribution in [2.75, 3.05) is 13.2 Å². The average Bonchev–Trinajstić information content (AvgIpc) is 1.81. The molecule has 0 bridgehead atoms. The van der Waals surface area contributed by atoms with Crippen molar-refractivity contribution in [3.8, 4) is 0 Å². The summed E-state index contributed by atoms with van der Waals surface area (Å²) in [5, 5.41) is 0. The lowest BCUT2D eigenvalue weighted by molar-refractivity contribution is -0.179. The second-order valence-corrected chi connectivity index (χ2v) is 3.32. The smallest absolute Gasteiger partial charge is 0.370 e. The first-order valence-electron chi connectivity index (χ1n) is 3.85. The van der Waals surface area contributed by atoms with Gasteiger partial charge in [0, 0.05) is 5.54 Å².